The Morgan fingerprint density at radius 3 is 2.31 bits per heavy atom. The Morgan fingerprint density at radius 1 is 1.00 bits per heavy atom. The van der Waals surface area contributed by atoms with Gasteiger partial charge in [-0.15, -0.1) is 22.7 Å². The zero-order valence-electron chi connectivity index (χ0n) is 20.6. The molecule has 0 saturated heterocycles. The minimum absolute atomic E-state index is 0.0140. The number of aliphatic hydroxyl groups excluding tert-OH is 1. The van der Waals surface area contributed by atoms with Crippen LogP contribution in [0, 0.1) is 10.1 Å². The second-order valence-corrected chi connectivity index (χ2v) is 9.82. The number of esters is 1. The van der Waals surface area contributed by atoms with Crippen LogP contribution in [0.5, 0.6) is 0 Å². The summed E-state index contributed by atoms with van der Waals surface area (Å²) in [5, 5.41) is 23.9. The van der Waals surface area contributed by atoms with Crippen LogP contribution in [-0.2, 0) is 11.3 Å². The lowest BCUT2D eigenvalue weighted by atomic mass is 10.1. The predicted molar refractivity (Wildman–Crippen MR) is 150 cm³/mol. The summed E-state index contributed by atoms with van der Waals surface area (Å²) < 4.78 is 8.47. The number of nitrogen functional groups attached to an aromatic ring is 1. The van der Waals surface area contributed by atoms with Gasteiger partial charge in [0, 0.05) is 40.5 Å². The average molecular weight is 563 g/mol. The van der Waals surface area contributed by atoms with E-state index in [1.165, 1.54) is 28.7 Å². The molecule has 0 amide bonds. The molecule has 13 heteroatoms. The van der Waals surface area contributed by atoms with Crippen LogP contribution in [0.3, 0.4) is 0 Å². The van der Waals surface area contributed by atoms with Crippen molar-refractivity contribution in [2.75, 3.05) is 12.3 Å². The molecular formula is C26H22N6O5S2. The molecule has 6 rings (SSSR count). The first kappa shape index (κ1) is 26.0. The first-order chi connectivity index (χ1) is 18.9. The number of nitro groups is 1. The number of rotatable bonds is 6. The fourth-order valence-corrected chi connectivity index (χ4v) is 5.62. The molecule has 4 aromatic heterocycles. The number of carbonyl (C=O) groups is 1. The van der Waals surface area contributed by atoms with Crippen molar-refractivity contribution >= 4 is 49.9 Å². The van der Waals surface area contributed by atoms with Crippen LogP contribution in [-0.4, -0.2) is 41.4 Å². The van der Waals surface area contributed by atoms with Gasteiger partial charge in [-0.2, -0.15) is 0 Å². The molecule has 0 spiro atoms. The second kappa shape index (κ2) is 11.0. The molecule has 0 aliphatic carbocycles. The number of hydrogen-bond acceptors (Lipinski definition) is 10. The smallest absolute Gasteiger partial charge is 0.356 e. The van der Waals surface area contributed by atoms with E-state index in [1.54, 1.807) is 41.1 Å². The Balaban J connectivity index is 0.000000163. The molecule has 0 aliphatic rings. The van der Waals surface area contributed by atoms with Gasteiger partial charge >= 0.3 is 5.97 Å². The number of imidazole rings is 2. The Kier molecular flexibility index (Phi) is 7.36. The molecule has 0 unspecified atom stereocenters. The molecule has 198 valence electrons. The van der Waals surface area contributed by atoms with Crippen LogP contribution in [0.15, 0.2) is 71.7 Å². The number of thiazole rings is 2. The largest absolute Gasteiger partial charge is 0.461 e. The van der Waals surface area contributed by atoms with Crippen molar-refractivity contribution in [1.29, 1.82) is 0 Å². The second-order valence-electron chi connectivity index (χ2n) is 8.15. The highest BCUT2D eigenvalue weighted by atomic mass is 32.1. The SMILES string of the molecule is CCOC(=O)c1csc2nc(-c3ccccc3[N+](=O)[O-])cn12.Nc1ccccc1-c1cn2c(CO)csc2n1. The van der Waals surface area contributed by atoms with E-state index in [2.05, 4.69) is 9.97 Å². The van der Waals surface area contributed by atoms with Gasteiger partial charge in [0.05, 0.1) is 40.8 Å². The summed E-state index contributed by atoms with van der Waals surface area (Å²) in [7, 11) is 0. The zero-order chi connectivity index (χ0) is 27.5. The highest BCUT2D eigenvalue weighted by molar-refractivity contribution is 7.15. The fraction of sp³-hybridized carbons (Fsp3) is 0.115. The van der Waals surface area contributed by atoms with Crippen molar-refractivity contribution in [3.8, 4) is 22.5 Å². The maximum absolute atomic E-state index is 11.9. The molecule has 11 nitrogen and oxygen atoms in total. The van der Waals surface area contributed by atoms with E-state index in [4.69, 9.17) is 10.5 Å². The highest BCUT2D eigenvalue weighted by Gasteiger charge is 2.20. The fourth-order valence-electron chi connectivity index (χ4n) is 3.92. The van der Waals surface area contributed by atoms with Crippen LogP contribution in [0.4, 0.5) is 11.4 Å². The quantitative estimate of drug-likeness (QED) is 0.120. The van der Waals surface area contributed by atoms with E-state index in [9.17, 15) is 20.0 Å². The summed E-state index contributed by atoms with van der Waals surface area (Å²) in [5.41, 5.74) is 10.4. The number of ether oxygens (including phenoxy) is 1. The van der Waals surface area contributed by atoms with E-state index in [0.717, 1.165) is 21.9 Å². The number of nitrogens with zero attached hydrogens (tertiary/aromatic N) is 5. The Labute approximate surface area is 229 Å². The van der Waals surface area contributed by atoms with Crippen LogP contribution in [0.1, 0.15) is 23.1 Å². The summed E-state index contributed by atoms with van der Waals surface area (Å²) in [6.07, 6.45) is 3.52. The van der Waals surface area contributed by atoms with Crippen molar-refractivity contribution in [2.45, 2.75) is 13.5 Å². The van der Waals surface area contributed by atoms with Crippen LogP contribution < -0.4 is 5.73 Å². The molecule has 0 bridgehead atoms. The monoisotopic (exact) mass is 562 g/mol. The molecule has 4 heterocycles. The van der Waals surface area contributed by atoms with E-state index in [1.807, 2.05) is 40.2 Å². The van der Waals surface area contributed by atoms with Gasteiger partial charge in [-0.05, 0) is 19.1 Å². The lowest BCUT2D eigenvalue weighted by Gasteiger charge is -2.00. The number of nitro benzene ring substituents is 1. The van der Waals surface area contributed by atoms with Crippen LogP contribution in [0.25, 0.3) is 32.4 Å². The van der Waals surface area contributed by atoms with Gasteiger partial charge in [0.15, 0.2) is 9.92 Å². The van der Waals surface area contributed by atoms with Crippen molar-refractivity contribution in [3.63, 3.8) is 0 Å². The van der Waals surface area contributed by atoms with Crippen LogP contribution >= 0.6 is 22.7 Å². The number of para-hydroxylation sites is 2. The standard InChI is InChI=1S/C14H11N3O4S.C12H11N3OS/c1-2-21-13(18)12-8-22-14-15-10(7-16(12)14)9-5-3-4-6-11(9)17(19)20;13-10-4-2-1-3-9(10)11-5-15-8(6-16)7-17-12(15)14-11/h3-8H,2H2,1H3;1-5,7,16H,6,13H2. The molecule has 0 saturated carbocycles. The highest BCUT2D eigenvalue weighted by Crippen LogP contribution is 2.31. The number of aromatic nitrogens is 4. The minimum atomic E-state index is -0.449. The van der Waals surface area contributed by atoms with E-state index in [-0.39, 0.29) is 18.9 Å². The van der Waals surface area contributed by atoms with Crippen molar-refractivity contribution in [2.24, 2.45) is 0 Å². The summed E-state index contributed by atoms with van der Waals surface area (Å²) >= 11 is 2.79. The summed E-state index contributed by atoms with van der Waals surface area (Å²) in [6, 6.07) is 14.0. The van der Waals surface area contributed by atoms with Gasteiger partial charge in [0.1, 0.15) is 5.69 Å². The Hall–Kier alpha value is -4.59. The number of fused-ring (bicyclic) bond motifs is 2. The molecule has 0 fully saturated rings. The van der Waals surface area contributed by atoms with Gasteiger partial charge in [0.2, 0.25) is 0 Å². The van der Waals surface area contributed by atoms with Crippen molar-refractivity contribution in [3.05, 3.63) is 93.2 Å². The van der Waals surface area contributed by atoms with Crippen molar-refractivity contribution in [1.82, 2.24) is 18.8 Å². The molecule has 0 radical (unpaired) electrons. The van der Waals surface area contributed by atoms with Gasteiger partial charge in [0.25, 0.3) is 5.69 Å². The van der Waals surface area contributed by atoms with E-state index in [0.29, 0.717) is 27.6 Å². The summed E-state index contributed by atoms with van der Waals surface area (Å²) in [5.74, 6) is -0.444. The van der Waals surface area contributed by atoms with Gasteiger partial charge in [-0.25, -0.2) is 14.8 Å². The van der Waals surface area contributed by atoms with E-state index >= 15 is 0 Å². The lowest BCUT2D eigenvalue weighted by molar-refractivity contribution is -0.384. The lowest BCUT2D eigenvalue weighted by Crippen LogP contribution is -2.06. The number of nitrogens with two attached hydrogens (primary N) is 1. The molecule has 2 aromatic carbocycles. The predicted octanol–water partition coefficient (Wildman–Crippen LogP) is 5.29. The normalized spacial score (nSPS) is 10.9. The molecule has 3 N–H and O–H groups in total. The van der Waals surface area contributed by atoms with Crippen LogP contribution in [0.2, 0.25) is 0 Å². The number of aliphatic hydroxyl groups is 1. The maximum atomic E-state index is 11.9. The van der Waals surface area contributed by atoms with Gasteiger partial charge in [-0.3, -0.25) is 18.9 Å². The summed E-state index contributed by atoms with van der Waals surface area (Å²) in [6.45, 7) is 2.02. The molecule has 6 aromatic rings. The number of anilines is 1. The third-order valence-corrected chi connectivity index (χ3v) is 7.48. The zero-order valence-corrected chi connectivity index (χ0v) is 22.2. The maximum Gasteiger partial charge on any atom is 0.356 e. The third-order valence-electron chi connectivity index (χ3n) is 5.75. The first-order valence-corrected chi connectivity index (χ1v) is 13.5. The molecule has 0 atom stereocenters. The molecule has 0 aliphatic heterocycles. The Morgan fingerprint density at radius 2 is 1.62 bits per heavy atom. The number of benzene rings is 2. The number of carbonyl (C=O) groups excluding carboxylic acids is 1. The molecule has 39 heavy (non-hydrogen) atoms. The van der Waals surface area contributed by atoms with Gasteiger partial charge in [-0.1, -0.05) is 30.3 Å². The number of hydrogen-bond donors (Lipinski definition) is 2. The summed E-state index contributed by atoms with van der Waals surface area (Å²) in [4.78, 5) is 32.8. The Bertz CT molecular complexity index is 1800. The van der Waals surface area contributed by atoms with Crippen molar-refractivity contribution < 1.29 is 19.6 Å². The molecular weight excluding hydrogens is 540 g/mol. The minimum Gasteiger partial charge on any atom is -0.461 e. The first-order valence-electron chi connectivity index (χ1n) is 11.7. The average Bonchev–Trinajstić information content (AvgIpc) is 3.70. The third kappa shape index (κ3) is 5.10. The van der Waals surface area contributed by atoms with Gasteiger partial charge < -0.3 is 15.6 Å². The topological polar surface area (TPSA) is 150 Å². The van der Waals surface area contributed by atoms with E-state index < -0.39 is 10.9 Å².